The minimum Gasteiger partial charge on any atom is -0.324 e. The molecule has 0 saturated carbocycles. The van der Waals surface area contributed by atoms with E-state index in [4.69, 9.17) is 0 Å². The van der Waals surface area contributed by atoms with Crippen LogP contribution in [0.2, 0.25) is 0 Å². The number of nitrogens with one attached hydrogen (secondary N) is 2. The Labute approximate surface area is 174 Å². The predicted molar refractivity (Wildman–Crippen MR) is 115 cm³/mol. The molecule has 0 unspecified atom stereocenters. The second kappa shape index (κ2) is 8.26. The van der Waals surface area contributed by atoms with E-state index in [1.807, 2.05) is 17.5 Å². The van der Waals surface area contributed by atoms with Crippen LogP contribution in [-0.4, -0.2) is 25.9 Å². The van der Waals surface area contributed by atoms with Gasteiger partial charge in [-0.3, -0.25) is 14.4 Å². The topological polar surface area (TPSA) is 110 Å². The van der Waals surface area contributed by atoms with Crippen molar-refractivity contribution in [1.82, 2.24) is 20.0 Å². The van der Waals surface area contributed by atoms with E-state index in [1.54, 1.807) is 43.3 Å². The lowest BCUT2D eigenvalue weighted by atomic mass is 10.1. The lowest BCUT2D eigenvalue weighted by molar-refractivity contribution is -0.119. The number of para-hydroxylation sites is 1. The van der Waals surface area contributed by atoms with Crippen molar-refractivity contribution in [3.63, 3.8) is 0 Å². The monoisotopic (exact) mass is 419 g/mol. The Morgan fingerprint density at radius 1 is 1.03 bits per heavy atom. The van der Waals surface area contributed by atoms with Gasteiger partial charge in [-0.15, -0.1) is 11.3 Å². The van der Waals surface area contributed by atoms with Gasteiger partial charge in [-0.25, -0.2) is 9.78 Å². The molecule has 0 aliphatic carbocycles. The molecule has 0 bridgehead atoms. The fourth-order valence-electron chi connectivity index (χ4n) is 2.92. The first kappa shape index (κ1) is 19.5. The van der Waals surface area contributed by atoms with Crippen LogP contribution in [0.5, 0.6) is 0 Å². The van der Waals surface area contributed by atoms with E-state index in [0.717, 1.165) is 4.88 Å². The molecule has 0 radical (unpaired) electrons. The van der Waals surface area contributed by atoms with Gasteiger partial charge in [0.1, 0.15) is 11.7 Å². The summed E-state index contributed by atoms with van der Waals surface area (Å²) in [6.45, 7) is 1.61. The van der Waals surface area contributed by atoms with E-state index in [-0.39, 0.29) is 11.1 Å². The number of anilines is 1. The van der Waals surface area contributed by atoms with Crippen LogP contribution in [0.25, 0.3) is 21.8 Å². The molecular formula is C21H17N5O3S. The zero-order valence-corrected chi connectivity index (χ0v) is 16.7. The third-order valence-electron chi connectivity index (χ3n) is 4.48. The van der Waals surface area contributed by atoms with E-state index >= 15 is 0 Å². The Bertz CT molecular complexity index is 1290. The predicted octanol–water partition coefficient (Wildman–Crippen LogP) is 2.92. The zero-order valence-electron chi connectivity index (χ0n) is 15.9. The second-order valence-electron chi connectivity index (χ2n) is 6.50. The third kappa shape index (κ3) is 3.96. The van der Waals surface area contributed by atoms with Gasteiger partial charge in [-0.2, -0.15) is 10.2 Å². The van der Waals surface area contributed by atoms with Gasteiger partial charge in [-0.1, -0.05) is 24.3 Å². The highest BCUT2D eigenvalue weighted by molar-refractivity contribution is 7.13. The first-order valence-corrected chi connectivity index (χ1v) is 10.0. The van der Waals surface area contributed by atoms with Crippen LogP contribution in [0.3, 0.4) is 0 Å². The summed E-state index contributed by atoms with van der Waals surface area (Å²) in [5, 5.41) is 15.5. The van der Waals surface area contributed by atoms with Crippen molar-refractivity contribution in [1.29, 1.82) is 0 Å². The molecule has 150 valence electrons. The molecule has 2 N–H and O–H groups in total. The lowest BCUT2D eigenvalue weighted by Gasteiger charge is -2.16. The largest absolute Gasteiger partial charge is 0.324 e. The molecule has 1 atom stereocenters. The molecule has 4 rings (SSSR count). The number of thiophene rings is 1. The Balaban J connectivity index is 1.62. The number of rotatable bonds is 5. The average Bonchev–Trinajstić information content (AvgIpc) is 3.29. The van der Waals surface area contributed by atoms with E-state index in [0.29, 0.717) is 22.6 Å². The zero-order chi connectivity index (χ0) is 21.1. The van der Waals surface area contributed by atoms with Crippen molar-refractivity contribution in [3.8, 4) is 21.8 Å². The molecule has 0 spiro atoms. The normalized spacial score (nSPS) is 11.8. The molecule has 4 aromatic rings. The van der Waals surface area contributed by atoms with Crippen molar-refractivity contribution in [2.24, 2.45) is 0 Å². The highest BCUT2D eigenvalue weighted by atomic mass is 32.1. The molecule has 1 amide bonds. The van der Waals surface area contributed by atoms with Gasteiger partial charge in [0.15, 0.2) is 0 Å². The second-order valence-corrected chi connectivity index (χ2v) is 7.44. The number of benzene rings is 1. The van der Waals surface area contributed by atoms with E-state index in [1.165, 1.54) is 28.2 Å². The molecular weight excluding hydrogens is 402 g/mol. The Morgan fingerprint density at radius 3 is 2.57 bits per heavy atom. The quantitative estimate of drug-likeness (QED) is 0.517. The van der Waals surface area contributed by atoms with Crippen LogP contribution in [-0.2, 0) is 4.79 Å². The number of amides is 1. The van der Waals surface area contributed by atoms with E-state index < -0.39 is 11.9 Å². The number of aromatic amines is 1. The SMILES string of the molecule is C[C@@H](C(=O)Nc1ccccc1-c1ccc(=O)[nH]n1)n1nc(-c2cccs2)ccc1=O. The number of aromatic nitrogens is 4. The van der Waals surface area contributed by atoms with Crippen molar-refractivity contribution >= 4 is 22.9 Å². The fourth-order valence-corrected chi connectivity index (χ4v) is 3.61. The van der Waals surface area contributed by atoms with Crippen LogP contribution in [0, 0.1) is 0 Å². The molecule has 0 fully saturated rings. The van der Waals surface area contributed by atoms with Crippen LogP contribution >= 0.6 is 11.3 Å². The summed E-state index contributed by atoms with van der Waals surface area (Å²) in [7, 11) is 0. The highest BCUT2D eigenvalue weighted by Gasteiger charge is 2.20. The van der Waals surface area contributed by atoms with Gasteiger partial charge in [0, 0.05) is 17.7 Å². The summed E-state index contributed by atoms with van der Waals surface area (Å²) < 4.78 is 1.17. The fraction of sp³-hybridized carbons (Fsp3) is 0.0952. The molecule has 0 saturated heterocycles. The Morgan fingerprint density at radius 2 is 1.83 bits per heavy atom. The molecule has 0 aliphatic rings. The van der Waals surface area contributed by atoms with Crippen molar-refractivity contribution in [2.45, 2.75) is 13.0 Å². The molecule has 0 aliphatic heterocycles. The molecule has 30 heavy (non-hydrogen) atoms. The number of hydrogen-bond acceptors (Lipinski definition) is 6. The minimum absolute atomic E-state index is 0.315. The standard InChI is InChI=1S/C21H17N5O3S/c1-13(26-20(28)11-9-17(25-26)18-7-4-12-30-18)21(29)22-15-6-3-2-5-14(15)16-8-10-19(27)24-23-16/h2-13H,1H3,(H,22,29)(H,24,27)/t13-/m0/s1. The van der Waals surface area contributed by atoms with Gasteiger partial charge in [0.05, 0.1) is 16.3 Å². The summed E-state index contributed by atoms with van der Waals surface area (Å²) in [5.74, 6) is -0.398. The van der Waals surface area contributed by atoms with Crippen LogP contribution < -0.4 is 16.4 Å². The molecule has 9 heteroatoms. The average molecular weight is 419 g/mol. The molecule has 3 aromatic heterocycles. The van der Waals surface area contributed by atoms with Crippen LogP contribution in [0.1, 0.15) is 13.0 Å². The van der Waals surface area contributed by atoms with Gasteiger partial charge in [0.2, 0.25) is 5.91 Å². The minimum atomic E-state index is -0.839. The van der Waals surface area contributed by atoms with Crippen LogP contribution in [0.4, 0.5) is 5.69 Å². The van der Waals surface area contributed by atoms with E-state index in [9.17, 15) is 14.4 Å². The maximum atomic E-state index is 12.9. The maximum absolute atomic E-state index is 12.9. The van der Waals surface area contributed by atoms with Crippen molar-refractivity contribution in [3.05, 3.63) is 86.8 Å². The third-order valence-corrected chi connectivity index (χ3v) is 5.38. The number of carbonyl (C=O) groups excluding carboxylic acids is 1. The number of hydrogen-bond donors (Lipinski definition) is 2. The summed E-state index contributed by atoms with van der Waals surface area (Å²) in [5.41, 5.74) is 1.60. The summed E-state index contributed by atoms with van der Waals surface area (Å²) in [4.78, 5) is 37.4. The van der Waals surface area contributed by atoms with Gasteiger partial charge in [0.25, 0.3) is 11.1 Å². The van der Waals surface area contributed by atoms with Crippen LogP contribution in [0.15, 0.2) is 75.6 Å². The van der Waals surface area contributed by atoms with E-state index in [2.05, 4.69) is 20.6 Å². The number of nitrogens with zero attached hydrogens (tertiary/aromatic N) is 3. The summed E-state index contributed by atoms with van der Waals surface area (Å²) in [6.07, 6.45) is 0. The smallest absolute Gasteiger partial charge is 0.267 e. The molecule has 8 nitrogen and oxygen atoms in total. The first-order chi connectivity index (χ1) is 14.5. The highest BCUT2D eigenvalue weighted by Crippen LogP contribution is 2.26. The Kier molecular flexibility index (Phi) is 5.36. The van der Waals surface area contributed by atoms with Gasteiger partial charge < -0.3 is 5.32 Å². The first-order valence-electron chi connectivity index (χ1n) is 9.12. The lowest BCUT2D eigenvalue weighted by Crippen LogP contribution is -2.33. The van der Waals surface area contributed by atoms with Crippen molar-refractivity contribution in [2.75, 3.05) is 5.32 Å². The molecule has 1 aromatic carbocycles. The molecule has 3 heterocycles. The number of H-pyrrole nitrogens is 1. The van der Waals surface area contributed by atoms with Crippen molar-refractivity contribution < 1.29 is 4.79 Å². The van der Waals surface area contributed by atoms with Gasteiger partial charge >= 0.3 is 0 Å². The summed E-state index contributed by atoms with van der Waals surface area (Å²) >= 11 is 1.50. The number of carbonyl (C=O) groups is 1. The van der Waals surface area contributed by atoms with Gasteiger partial charge in [-0.05, 0) is 36.6 Å². The Hall–Kier alpha value is -3.85. The summed E-state index contributed by atoms with van der Waals surface area (Å²) in [6, 6.07) is 16.0. The maximum Gasteiger partial charge on any atom is 0.267 e.